The molecule has 1 aliphatic rings. The number of para-hydroxylation sites is 1. The topological polar surface area (TPSA) is 60.6 Å². The third-order valence-corrected chi connectivity index (χ3v) is 4.53. The Labute approximate surface area is 161 Å². The molecule has 0 saturated carbocycles. The van der Waals surface area contributed by atoms with Crippen molar-refractivity contribution in [1.29, 1.82) is 5.41 Å². The van der Waals surface area contributed by atoms with Crippen molar-refractivity contribution in [1.82, 2.24) is 5.32 Å². The molecule has 1 atom stereocenters. The zero-order chi connectivity index (χ0) is 18.7. The van der Waals surface area contributed by atoms with Crippen LogP contribution in [-0.2, 0) is 6.42 Å². The number of rotatable bonds is 5. The van der Waals surface area contributed by atoms with Crippen LogP contribution in [0.25, 0.3) is 0 Å². The van der Waals surface area contributed by atoms with E-state index in [1.165, 1.54) is 11.8 Å². The van der Waals surface area contributed by atoms with E-state index in [2.05, 4.69) is 35.7 Å². The summed E-state index contributed by atoms with van der Waals surface area (Å²) < 4.78 is 0. The van der Waals surface area contributed by atoms with Crippen molar-refractivity contribution in [3.05, 3.63) is 78.5 Å². The van der Waals surface area contributed by atoms with Gasteiger partial charge in [-0.15, -0.1) is 0 Å². The van der Waals surface area contributed by atoms with Gasteiger partial charge in [0.2, 0.25) is 0 Å². The van der Waals surface area contributed by atoms with E-state index in [-0.39, 0.29) is 5.92 Å². The lowest BCUT2D eigenvalue weighted by Crippen LogP contribution is -2.34. The van der Waals surface area contributed by atoms with Gasteiger partial charge in [-0.05, 0) is 49.6 Å². The lowest BCUT2D eigenvalue weighted by Gasteiger charge is -2.17. The number of amidine groups is 1. The van der Waals surface area contributed by atoms with Gasteiger partial charge in [0.05, 0.1) is 11.6 Å². The van der Waals surface area contributed by atoms with E-state index in [1.807, 2.05) is 42.6 Å². The Morgan fingerprint density at radius 3 is 2.52 bits per heavy atom. The molecule has 4 nitrogen and oxygen atoms in total. The number of hydrogen-bond donors (Lipinski definition) is 2. The van der Waals surface area contributed by atoms with Crippen LogP contribution in [0, 0.1) is 11.3 Å². The molecule has 0 amide bonds. The fraction of sp³-hybridized carbons (Fsp3) is 0.261. The number of allylic oxidation sites excluding steroid dienone is 1. The second-order valence-electron chi connectivity index (χ2n) is 6.52. The molecule has 1 unspecified atom stereocenters. The summed E-state index contributed by atoms with van der Waals surface area (Å²) in [6, 6.07) is 20.3. The molecule has 4 heteroatoms. The van der Waals surface area contributed by atoms with Crippen LogP contribution in [0.2, 0.25) is 0 Å². The molecule has 3 rings (SSSR count). The molecule has 1 aliphatic heterocycles. The molecule has 2 N–H and O–H groups in total. The number of hydrogen-bond acceptors (Lipinski definition) is 3. The lowest BCUT2D eigenvalue weighted by atomic mass is 9.98. The van der Waals surface area contributed by atoms with Gasteiger partial charge in [0.25, 0.3) is 0 Å². The summed E-state index contributed by atoms with van der Waals surface area (Å²) >= 11 is 0. The normalized spacial score (nSPS) is 21.7. The van der Waals surface area contributed by atoms with Gasteiger partial charge in [-0.3, -0.25) is 9.98 Å². The maximum atomic E-state index is 8.01. The Morgan fingerprint density at radius 2 is 1.78 bits per heavy atom. The zero-order valence-corrected chi connectivity index (χ0v) is 15.5. The molecule has 0 radical (unpaired) electrons. The Kier molecular flexibility index (Phi) is 7.10. The Hall–Kier alpha value is -3.01. The highest BCUT2D eigenvalue weighted by Gasteiger charge is 2.20. The summed E-state index contributed by atoms with van der Waals surface area (Å²) in [5.41, 5.74) is 3.19. The van der Waals surface area contributed by atoms with Crippen molar-refractivity contribution in [2.45, 2.75) is 25.7 Å². The van der Waals surface area contributed by atoms with Gasteiger partial charge in [-0.25, -0.2) is 0 Å². The first-order chi connectivity index (χ1) is 13.4. The Morgan fingerprint density at radius 1 is 1.04 bits per heavy atom. The minimum absolute atomic E-state index is 0.219. The van der Waals surface area contributed by atoms with Crippen LogP contribution in [0.3, 0.4) is 0 Å². The average molecular weight is 358 g/mol. The first-order valence-corrected chi connectivity index (χ1v) is 9.50. The molecule has 0 saturated heterocycles. The predicted molar refractivity (Wildman–Crippen MR) is 114 cm³/mol. The standard InChI is InChI=1S/C23H26N4/c24-18-21-22(27-20-12-6-2-7-13-20)14-8-3-9-16-25-23(21)26-17-15-19-10-4-1-5-11-19/h1-2,4-7,9-13,16,18,21,24H,3,8,14-15,17H2,(H,25,26)/b16-9-,24-18?,27-22?. The predicted octanol–water partition coefficient (Wildman–Crippen LogP) is 4.95. The molecular weight excluding hydrogens is 332 g/mol. The lowest BCUT2D eigenvalue weighted by molar-refractivity contribution is 0.879. The van der Waals surface area contributed by atoms with Crippen LogP contribution in [-0.4, -0.2) is 24.3 Å². The van der Waals surface area contributed by atoms with Crippen LogP contribution in [0.5, 0.6) is 0 Å². The van der Waals surface area contributed by atoms with Gasteiger partial charge >= 0.3 is 0 Å². The minimum Gasteiger partial charge on any atom is -0.350 e. The molecule has 0 aromatic heterocycles. The van der Waals surface area contributed by atoms with Crippen LogP contribution in [0.4, 0.5) is 5.69 Å². The molecular formula is C23H26N4. The van der Waals surface area contributed by atoms with Crippen LogP contribution in [0.15, 0.2) is 82.9 Å². The van der Waals surface area contributed by atoms with Crippen molar-refractivity contribution in [3.8, 4) is 0 Å². The van der Waals surface area contributed by atoms with Crippen LogP contribution < -0.4 is 5.32 Å². The highest BCUT2D eigenvalue weighted by Crippen LogP contribution is 2.17. The van der Waals surface area contributed by atoms with Crippen molar-refractivity contribution in [3.63, 3.8) is 0 Å². The van der Waals surface area contributed by atoms with Crippen LogP contribution in [0.1, 0.15) is 24.8 Å². The molecule has 27 heavy (non-hydrogen) atoms. The van der Waals surface area contributed by atoms with Crippen molar-refractivity contribution in [2.24, 2.45) is 15.9 Å². The third-order valence-electron chi connectivity index (χ3n) is 4.53. The van der Waals surface area contributed by atoms with E-state index >= 15 is 0 Å². The molecule has 138 valence electrons. The van der Waals surface area contributed by atoms with Gasteiger partial charge in [-0.2, -0.15) is 0 Å². The van der Waals surface area contributed by atoms with Gasteiger partial charge < -0.3 is 10.7 Å². The summed E-state index contributed by atoms with van der Waals surface area (Å²) in [5.74, 6) is 0.581. The van der Waals surface area contributed by atoms with E-state index in [0.717, 1.165) is 42.9 Å². The summed E-state index contributed by atoms with van der Waals surface area (Å²) in [7, 11) is 0. The van der Waals surface area contributed by atoms with E-state index in [4.69, 9.17) is 15.4 Å². The second kappa shape index (κ2) is 10.2. The molecule has 0 spiro atoms. The summed E-state index contributed by atoms with van der Waals surface area (Å²) in [5, 5.41) is 11.3. The highest BCUT2D eigenvalue weighted by atomic mass is 15.0. The fourth-order valence-electron chi connectivity index (χ4n) is 3.09. The summed E-state index contributed by atoms with van der Waals surface area (Å²) in [6.45, 7) is 0.684. The van der Waals surface area contributed by atoms with Crippen molar-refractivity contribution < 1.29 is 0 Å². The third kappa shape index (κ3) is 5.74. The molecule has 0 aliphatic carbocycles. The Balaban J connectivity index is 1.83. The zero-order valence-electron chi connectivity index (χ0n) is 15.5. The maximum absolute atomic E-state index is 8.01. The van der Waals surface area contributed by atoms with Crippen molar-refractivity contribution in [2.75, 3.05) is 6.54 Å². The molecule has 2 aromatic carbocycles. The molecule has 0 fully saturated rings. The SMILES string of the molecule is N=CC1C(=Nc2ccccc2)CCC/C=C\NC1=NCCc1ccccc1. The van der Waals surface area contributed by atoms with Gasteiger partial charge in [0, 0.05) is 18.5 Å². The van der Waals surface area contributed by atoms with Gasteiger partial charge in [0.1, 0.15) is 5.84 Å². The summed E-state index contributed by atoms with van der Waals surface area (Å²) in [4.78, 5) is 9.64. The first-order valence-electron chi connectivity index (χ1n) is 9.50. The quantitative estimate of drug-likeness (QED) is 0.730. The maximum Gasteiger partial charge on any atom is 0.114 e. The number of aliphatic imine (C=N–C) groups is 2. The van der Waals surface area contributed by atoms with E-state index < -0.39 is 0 Å². The van der Waals surface area contributed by atoms with Crippen molar-refractivity contribution >= 4 is 23.4 Å². The number of nitrogens with one attached hydrogen (secondary N) is 2. The minimum atomic E-state index is -0.219. The molecule has 1 heterocycles. The summed E-state index contributed by atoms with van der Waals surface area (Å²) in [6.07, 6.45) is 9.27. The fourth-order valence-corrected chi connectivity index (χ4v) is 3.09. The first kappa shape index (κ1) is 18.8. The molecule has 2 aromatic rings. The van der Waals surface area contributed by atoms with E-state index in [0.29, 0.717) is 6.54 Å². The second-order valence-corrected chi connectivity index (χ2v) is 6.52. The number of benzene rings is 2. The Bertz CT molecular complexity index is 807. The largest absolute Gasteiger partial charge is 0.350 e. The van der Waals surface area contributed by atoms with Gasteiger partial charge in [-0.1, -0.05) is 54.6 Å². The van der Waals surface area contributed by atoms with E-state index in [9.17, 15) is 0 Å². The number of nitrogens with zero attached hydrogens (tertiary/aromatic N) is 2. The monoisotopic (exact) mass is 358 g/mol. The van der Waals surface area contributed by atoms with Gasteiger partial charge in [0.15, 0.2) is 0 Å². The van der Waals surface area contributed by atoms with E-state index in [1.54, 1.807) is 0 Å². The highest BCUT2D eigenvalue weighted by molar-refractivity contribution is 6.17. The smallest absolute Gasteiger partial charge is 0.114 e. The average Bonchev–Trinajstić information content (AvgIpc) is 2.80. The van der Waals surface area contributed by atoms with Crippen LogP contribution >= 0.6 is 0 Å². The molecule has 0 bridgehead atoms.